The molecule has 152 valence electrons. The molecule has 0 aliphatic carbocycles. The van der Waals surface area contributed by atoms with E-state index in [9.17, 15) is 4.79 Å². The van der Waals surface area contributed by atoms with Crippen LogP contribution in [0.3, 0.4) is 0 Å². The van der Waals surface area contributed by atoms with Crippen LogP contribution in [-0.2, 0) is 4.79 Å². The number of rotatable bonds is 5. The highest BCUT2D eigenvalue weighted by atomic mass is 35.5. The quantitative estimate of drug-likeness (QED) is 0.663. The van der Waals surface area contributed by atoms with Gasteiger partial charge in [0.15, 0.2) is 0 Å². The van der Waals surface area contributed by atoms with Crippen LogP contribution in [0.15, 0.2) is 42.6 Å². The van der Waals surface area contributed by atoms with Gasteiger partial charge in [0, 0.05) is 29.6 Å². The number of halogens is 3. The Hall–Kier alpha value is -1.53. The van der Waals surface area contributed by atoms with E-state index in [4.69, 9.17) is 16.3 Å². The fourth-order valence-corrected chi connectivity index (χ4v) is 4.08. The van der Waals surface area contributed by atoms with E-state index in [1.165, 1.54) is 12.8 Å². The van der Waals surface area contributed by atoms with Crippen molar-refractivity contribution >= 4 is 48.0 Å². The van der Waals surface area contributed by atoms with Crippen LogP contribution in [0.1, 0.15) is 32.1 Å². The van der Waals surface area contributed by atoms with Crippen LogP contribution >= 0.6 is 36.4 Å². The number of nitrogens with zero attached hydrogens (tertiary/aromatic N) is 1. The molecule has 0 saturated carbocycles. The highest BCUT2D eigenvalue weighted by Gasteiger charge is 2.34. The number of aromatic nitrogens is 1. The minimum Gasteiger partial charge on any atom is -0.439 e. The molecule has 2 atom stereocenters. The molecule has 4 rings (SSSR count). The third-order valence-corrected chi connectivity index (χ3v) is 5.35. The Kier molecular flexibility index (Phi) is 8.38. The maximum Gasteiger partial charge on any atom is 0.224 e. The first-order chi connectivity index (χ1) is 12.6. The maximum absolute atomic E-state index is 12.3. The molecule has 1 amide bonds. The summed E-state index contributed by atoms with van der Waals surface area (Å²) in [6.45, 7) is 0. The van der Waals surface area contributed by atoms with Crippen LogP contribution in [-0.4, -0.2) is 23.0 Å². The average Bonchev–Trinajstić information content (AvgIpc) is 2.97. The first kappa shape index (κ1) is 22.8. The largest absolute Gasteiger partial charge is 0.439 e. The van der Waals surface area contributed by atoms with Gasteiger partial charge in [-0.1, -0.05) is 11.6 Å². The summed E-state index contributed by atoms with van der Waals surface area (Å²) < 4.78 is 5.66. The molecule has 2 aliphatic heterocycles. The Bertz CT molecular complexity index is 759. The SMILES string of the molecule is Cl.Cl.O=C(CC1CC2CCC(C1)N2)Nc1ccc(Oc2ccc(Cl)cc2)nc1. The summed E-state index contributed by atoms with van der Waals surface area (Å²) in [6, 6.07) is 11.9. The molecule has 2 fully saturated rings. The molecule has 3 heterocycles. The van der Waals surface area contributed by atoms with Gasteiger partial charge in [0.05, 0.1) is 11.9 Å². The molecule has 1 aromatic carbocycles. The lowest BCUT2D eigenvalue weighted by Gasteiger charge is -2.28. The normalized spacial score (nSPS) is 22.5. The molecule has 0 radical (unpaired) electrons. The second kappa shape index (κ2) is 10.3. The Morgan fingerprint density at radius 1 is 1.11 bits per heavy atom. The number of hydrogen-bond donors (Lipinski definition) is 2. The zero-order valence-electron chi connectivity index (χ0n) is 15.3. The monoisotopic (exact) mass is 443 g/mol. The third kappa shape index (κ3) is 5.98. The van der Waals surface area contributed by atoms with Crippen molar-refractivity contribution in [2.24, 2.45) is 5.92 Å². The number of benzene rings is 1. The van der Waals surface area contributed by atoms with Gasteiger partial charge in [-0.2, -0.15) is 0 Å². The molecule has 5 nitrogen and oxygen atoms in total. The predicted octanol–water partition coefficient (Wildman–Crippen LogP) is 5.23. The van der Waals surface area contributed by atoms with E-state index >= 15 is 0 Å². The van der Waals surface area contributed by atoms with Gasteiger partial charge in [-0.15, -0.1) is 24.8 Å². The van der Waals surface area contributed by atoms with Crippen molar-refractivity contribution in [2.45, 2.75) is 44.2 Å². The van der Waals surface area contributed by atoms with Gasteiger partial charge in [0.2, 0.25) is 11.8 Å². The summed E-state index contributed by atoms with van der Waals surface area (Å²) in [7, 11) is 0. The summed E-state index contributed by atoms with van der Waals surface area (Å²) in [5.74, 6) is 1.68. The third-order valence-electron chi connectivity index (χ3n) is 5.10. The van der Waals surface area contributed by atoms with Crippen LogP contribution in [0.5, 0.6) is 11.6 Å². The second-order valence-electron chi connectivity index (χ2n) is 7.17. The zero-order chi connectivity index (χ0) is 17.9. The number of piperidine rings is 1. The Labute approximate surface area is 182 Å². The van der Waals surface area contributed by atoms with Gasteiger partial charge in [-0.05, 0) is 61.9 Å². The molecule has 8 heteroatoms. The van der Waals surface area contributed by atoms with Gasteiger partial charge >= 0.3 is 0 Å². The van der Waals surface area contributed by atoms with E-state index in [2.05, 4.69) is 15.6 Å². The number of ether oxygens (including phenoxy) is 1. The molecular formula is C20H24Cl3N3O2. The summed E-state index contributed by atoms with van der Waals surface area (Å²) in [5.41, 5.74) is 0.690. The minimum atomic E-state index is 0. The first-order valence-corrected chi connectivity index (χ1v) is 9.47. The number of carbonyl (C=O) groups is 1. The molecule has 2 aromatic rings. The first-order valence-electron chi connectivity index (χ1n) is 9.09. The standard InChI is InChI=1S/C20H22ClN3O2.2ClH/c21-14-1-6-18(7-2-14)26-20-8-5-17(12-22-20)24-19(25)11-13-9-15-3-4-16(10-13)23-15;;/h1-2,5-8,12-13,15-16,23H,3-4,9-11H2,(H,24,25);2*1H. The van der Waals surface area contributed by atoms with E-state index in [-0.39, 0.29) is 30.7 Å². The predicted molar refractivity (Wildman–Crippen MR) is 116 cm³/mol. The molecular weight excluding hydrogens is 421 g/mol. The Morgan fingerprint density at radius 3 is 2.39 bits per heavy atom. The maximum atomic E-state index is 12.3. The van der Waals surface area contributed by atoms with Crippen LogP contribution in [0.2, 0.25) is 5.02 Å². The molecule has 28 heavy (non-hydrogen) atoms. The van der Waals surface area contributed by atoms with E-state index < -0.39 is 0 Å². The lowest BCUT2D eigenvalue weighted by Crippen LogP contribution is -2.39. The topological polar surface area (TPSA) is 63.2 Å². The number of carbonyl (C=O) groups excluding carboxylic acids is 1. The number of fused-ring (bicyclic) bond motifs is 2. The minimum absolute atomic E-state index is 0. The Morgan fingerprint density at radius 2 is 1.79 bits per heavy atom. The number of hydrogen-bond acceptors (Lipinski definition) is 4. The van der Waals surface area contributed by atoms with Crippen molar-refractivity contribution in [2.75, 3.05) is 5.32 Å². The van der Waals surface area contributed by atoms with E-state index in [1.807, 2.05) is 6.07 Å². The smallest absolute Gasteiger partial charge is 0.224 e. The fraction of sp³-hybridized carbons (Fsp3) is 0.400. The van der Waals surface area contributed by atoms with Crippen LogP contribution < -0.4 is 15.4 Å². The van der Waals surface area contributed by atoms with Crippen LogP contribution in [0.25, 0.3) is 0 Å². The van der Waals surface area contributed by atoms with Crippen LogP contribution in [0.4, 0.5) is 5.69 Å². The van der Waals surface area contributed by atoms with Crippen molar-refractivity contribution in [1.29, 1.82) is 0 Å². The number of pyridine rings is 1. The van der Waals surface area contributed by atoms with Gasteiger partial charge in [-0.25, -0.2) is 4.98 Å². The molecule has 2 unspecified atom stereocenters. The Balaban J connectivity index is 0.00000140. The highest BCUT2D eigenvalue weighted by molar-refractivity contribution is 6.30. The van der Waals surface area contributed by atoms with Gasteiger partial charge in [-0.3, -0.25) is 4.79 Å². The van der Waals surface area contributed by atoms with Crippen molar-refractivity contribution in [1.82, 2.24) is 10.3 Å². The molecule has 2 saturated heterocycles. The summed E-state index contributed by atoms with van der Waals surface area (Å²) in [4.78, 5) is 16.6. The second-order valence-corrected chi connectivity index (χ2v) is 7.61. The van der Waals surface area contributed by atoms with Gasteiger partial charge in [0.1, 0.15) is 5.75 Å². The highest BCUT2D eigenvalue weighted by Crippen LogP contribution is 2.32. The summed E-state index contributed by atoms with van der Waals surface area (Å²) in [5, 5.41) is 7.21. The van der Waals surface area contributed by atoms with E-state index in [0.717, 1.165) is 12.8 Å². The number of nitrogens with one attached hydrogen (secondary N) is 2. The molecule has 2 bridgehead atoms. The number of amides is 1. The average molecular weight is 445 g/mol. The van der Waals surface area contributed by atoms with Crippen molar-refractivity contribution in [3.8, 4) is 11.6 Å². The van der Waals surface area contributed by atoms with E-state index in [0.29, 0.717) is 46.8 Å². The van der Waals surface area contributed by atoms with Crippen molar-refractivity contribution in [3.63, 3.8) is 0 Å². The summed E-state index contributed by atoms with van der Waals surface area (Å²) >= 11 is 5.86. The fourth-order valence-electron chi connectivity index (χ4n) is 3.95. The van der Waals surface area contributed by atoms with Gasteiger partial charge < -0.3 is 15.4 Å². The summed E-state index contributed by atoms with van der Waals surface area (Å²) in [6.07, 6.45) is 6.92. The van der Waals surface area contributed by atoms with Crippen molar-refractivity contribution in [3.05, 3.63) is 47.6 Å². The lowest BCUT2D eigenvalue weighted by atomic mass is 9.89. The molecule has 2 N–H and O–H groups in total. The van der Waals surface area contributed by atoms with Gasteiger partial charge in [0.25, 0.3) is 0 Å². The zero-order valence-corrected chi connectivity index (χ0v) is 17.7. The molecule has 0 spiro atoms. The lowest BCUT2D eigenvalue weighted by molar-refractivity contribution is -0.117. The van der Waals surface area contributed by atoms with Crippen molar-refractivity contribution < 1.29 is 9.53 Å². The molecule has 2 aliphatic rings. The molecule has 1 aromatic heterocycles. The van der Waals surface area contributed by atoms with Crippen LogP contribution in [0, 0.1) is 5.92 Å². The van der Waals surface area contributed by atoms with E-state index in [1.54, 1.807) is 36.5 Å². The number of anilines is 1.